The number of halogens is 1. The Morgan fingerprint density at radius 3 is 2.55 bits per heavy atom. The molecule has 0 saturated heterocycles. The molecule has 1 heterocycles. The van der Waals surface area contributed by atoms with Crippen LogP contribution in [0.15, 0.2) is 24.3 Å². The fourth-order valence-corrected chi connectivity index (χ4v) is 2.20. The largest absolute Gasteiger partial charge is 0.380 e. The van der Waals surface area contributed by atoms with Gasteiger partial charge in [0.25, 0.3) is 0 Å². The maximum absolute atomic E-state index is 6.09. The molecule has 2 aromatic rings. The highest BCUT2D eigenvalue weighted by Gasteiger charge is 2.16. The lowest BCUT2D eigenvalue weighted by Gasteiger charge is -2.23. The molecule has 1 atom stereocenters. The molecule has 20 heavy (non-hydrogen) atoms. The Bertz CT molecular complexity index is 574. The summed E-state index contributed by atoms with van der Waals surface area (Å²) < 4.78 is 5.53. The summed E-state index contributed by atoms with van der Waals surface area (Å²) >= 11 is 6.09. The number of hydrogen-bond acceptors (Lipinski definition) is 4. The fourth-order valence-electron chi connectivity index (χ4n) is 2.00. The number of fused-ring (bicyclic) bond motifs is 1. The molecule has 5 heteroatoms. The lowest BCUT2D eigenvalue weighted by molar-refractivity contribution is 0.126. The van der Waals surface area contributed by atoms with Crippen LogP contribution in [0.25, 0.3) is 10.8 Å². The highest BCUT2D eigenvalue weighted by atomic mass is 35.5. The predicted octanol–water partition coefficient (Wildman–Crippen LogP) is 3.76. The summed E-state index contributed by atoms with van der Waals surface area (Å²) in [5.74, 6) is 1.18. The van der Waals surface area contributed by atoms with E-state index in [4.69, 9.17) is 16.3 Å². The molecule has 0 aliphatic carbocycles. The maximum atomic E-state index is 6.09. The van der Waals surface area contributed by atoms with Crippen molar-refractivity contribution in [1.29, 1.82) is 0 Å². The molecule has 1 N–H and O–H groups in total. The van der Waals surface area contributed by atoms with E-state index in [0.717, 1.165) is 16.6 Å². The topological polar surface area (TPSA) is 47.0 Å². The average molecular weight is 294 g/mol. The highest BCUT2D eigenvalue weighted by molar-refractivity contribution is 6.34. The van der Waals surface area contributed by atoms with Crippen LogP contribution in [0.1, 0.15) is 20.8 Å². The number of nitrogens with one attached hydrogen (secondary N) is 1. The van der Waals surface area contributed by atoms with Crippen LogP contribution in [0.3, 0.4) is 0 Å². The first-order chi connectivity index (χ1) is 9.63. The quantitative estimate of drug-likeness (QED) is 0.881. The lowest BCUT2D eigenvalue weighted by Crippen LogP contribution is -2.31. The molecule has 108 valence electrons. The summed E-state index contributed by atoms with van der Waals surface area (Å²) in [4.78, 5) is 0. The van der Waals surface area contributed by atoms with Gasteiger partial charge in [-0.25, -0.2) is 0 Å². The Morgan fingerprint density at radius 2 is 1.90 bits per heavy atom. The van der Waals surface area contributed by atoms with Crippen LogP contribution in [0.5, 0.6) is 0 Å². The fraction of sp³-hybridized carbons (Fsp3) is 0.467. The number of aromatic nitrogens is 2. The Morgan fingerprint density at radius 1 is 1.20 bits per heavy atom. The molecule has 0 amide bonds. The van der Waals surface area contributed by atoms with Gasteiger partial charge in [-0.2, -0.15) is 0 Å². The normalized spacial score (nSPS) is 12.8. The second-order valence-electron chi connectivity index (χ2n) is 5.04. The molecule has 1 aromatic carbocycles. The van der Waals surface area contributed by atoms with Crippen molar-refractivity contribution in [2.24, 2.45) is 5.92 Å². The van der Waals surface area contributed by atoms with Crippen molar-refractivity contribution in [3.05, 3.63) is 29.4 Å². The van der Waals surface area contributed by atoms with Crippen LogP contribution >= 0.6 is 11.6 Å². The smallest absolute Gasteiger partial charge is 0.159 e. The van der Waals surface area contributed by atoms with Crippen molar-refractivity contribution >= 4 is 28.2 Å². The SMILES string of the molecule is CCOCC(Nc1nnc(Cl)c2ccccc12)C(C)C. The van der Waals surface area contributed by atoms with E-state index in [9.17, 15) is 0 Å². The minimum atomic E-state index is 0.189. The molecule has 0 aliphatic rings. The molecule has 0 saturated carbocycles. The Labute approximate surface area is 124 Å². The molecule has 1 aromatic heterocycles. The third kappa shape index (κ3) is 3.38. The van der Waals surface area contributed by atoms with E-state index in [1.54, 1.807) is 0 Å². The van der Waals surface area contributed by atoms with Gasteiger partial charge in [0.15, 0.2) is 11.0 Å². The summed E-state index contributed by atoms with van der Waals surface area (Å²) in [6.45, 7) is 7.66. The van der Waals surface area contributed by atoms with Gasteiger partial charge < -0.3 is 10.1 Å². The average Bonchev–Trinajstić information content (AvgIpc) is 2.45. The van der Waals surface area contributed by atoms with Crippen LogP contribution < -0.4 is 5.32 Å². The minimum Gasteiger partial charge on any atom is -0.380 e. The zero-order chi connectivity index (χ0) is 14.5. The molecule has 0 bridgehead atoms. The Kier molecular flexibility index (Phi) is 5.15. The number of anilines is 1. The van der Waals surface area contributed by atoms with E-state index in [1.165, 1.54) is 0 Å². The van der Waals surface area contributed by atoms with Crippen molar-refractivity contribution < 1.29 is 4.74 Å². The van der Waals surface area contributed by atoms with E-state index in [-0.39, 0.29) is 6.04 Å². The zero-order valence-electron chi connectivity index (χ0n) is 12.1. The summed E-state index contributed by atoms with van der Waals surface area (Å²) in [5.41, 5.74) is 0. The van der Waals surface area contributed by atoms with E-state index in [2.05, 4.69) is 29.4 Å². The molecule has 0 aliphatic heterocycles. The molecule has 0 spiro atoms. The molecular formula is C15H20ClN3O. The van der Waals surface area contributed by atoms with Crippen molar-refractivity contribution in [2.45, 2.75) is 26.8 Å². The van der Waals surface area contributed by atoms with Crippen molar-refractivity contribution in [3.8, 4) is 0 Å². The number of benzene rings is 1. The number of ether oxygens (including phenoxy) is 1. The Balaban J connectivity index is 2.30. The monoisotopic (exact) mass is 293 g/mol. The van der Waals surface area contributed by atoms with Gasteiger partial charge in [0.1, 0.15) is 0 Å². The third-order valence-electron chi connectivity index (χ3n) is 3.27. The number of hydrogen-bond donors (Lipinski definition) is 1. The van der Waals surface area contributed by atoms with Gasteiger partial charge in [-0.15, -0.1) is 10.2 Å². The van der Waals surface area contributed by atoms with E-state index < -0.39 is 0 Å². The van der Waals surface area contributed by atoms with Gasteiger partial charge in [0.2, 0.25) is 0 Å². The van der Waals surface area contributed by atoms with Crippen molar-refractivity contribution in [2.75, 3.05) is 18.5 Å². The zero-order valence-corrected chi connectivity index (χ0v) is 12.8. The standard InChI is InChI=1S/C15H20ClN3O/c1-4-20-9-13(10(2)3)17-15-12-8-6-5-7-11(12)14(16)18-19-15/h5-8,10,13H,4,9H2,1-3H3,(H,17,19). The first kappa shape index (κ1) is 15.0. The van der Waals surface area contributed by atoms with E-state index in [0.29, 0.717) is 24.3 Å². The van der Waals surface area contributed by atoms with Crippen LogP contribution in [-0.2, 0) is 4.74 Å². The molecular weight excluding hydrogens is 274 g/mol. The third-order valence-corrected chi connectivity index (χ3v) is 3.55. The maximum Gasteiger partial charge on any atom is 0.159 e. The van der Waals surface area contributed by atoms with Gasteiger partial charge in [0.05, 0.1) is 12.6 Å². The summed E-state index contributed by atoms with van der Waals surface area (Å²) in [6.07, 6.45) is 0. The Hall–Kier alpha value is -1.39. The van der Waals surface area contributed by atoms with Gasteiger partial charge in [0, 0.05) is 17.4 Å². The van der Waals surface area contributed by atoms with Crippen LogP contribution in [0.2, 0.25) is 5.15 Å². The van der Waals surface area contributed by atoms with Crippen molar-refractivity contribution in [1.82, 2.24) is 10.2 Å². The molecule has 0 radical (unpaired) electrons. The van der Waals surface area contributed by atoms with Gasteiger partial charge in [-0.3, -0.25) is 0 Å². The number of nitrogens with zero attached hydrogens (tertiary/aromatic N) is 2. The minimum absolute atomic E-state index is 0.189. The molecule has 0 fully saturated rings. The van der Waals surface area contributed by atoms with E-state index in [1.807, 2.05) is 31.2 Å². The molecule has 2 rings (SSSR count). The van der Waals surface area contributed by atoms with Crippen LogP contribution in [-0.4, -0.2) is 29.5 Å². The van der Waals surface area contributed by atoms with Crippen molar-refractivity contribution in [3.63, 3.8) is 0 Å². The number of rotatable bonds is 6. The second kappa shape index (κ2) is 6.86. The van der Waals surface area contributed by atoms with E-state index >= 15 is 0 Å². The van der Waals surface area contributed by atoms with Gasteiger partial charge >= 0.3 is 0 Å². The lowest BCUT2D eigenvalue weighted by atomic mass is 10.0. The summed E-state index contributed by atoms with van der Waals surface area (Å²) in [7, 11) is 0. The first-order valence-corrected chi connectivity index (χ1v) is 7.26. The van der Waals surface area contributed by atoms with Crippen LogP contribution in [0.4, 0.5) is 5.82 Å². The highest BCUT2D eigenvalue weighted by Crippen LogP contribution is 2.26. The van der Waals surface area contributed by atoms with Gasteiger partial charge in [-0.05, 0) is 12.8 Å². The predicted molar refractivity (Wildman–Crippen MR) is 83.3 cm³/mol. The summed E-state index contributed by atoms with van der Waals surface area (Å²) in [5, 5.41) is 13.9. The van der Waals surface area contributed by atoms with Gasteiger partial charge in [-0.1, -0.05) is 49.7 Å². The van der Waals surface area contributed by atoms with Crippen LogP contribution in [0, 0.1) is 5.92 Å². The molecule has 4 nitrogen and oxygen atoms in total. The molecule has 1 unspecified atom stereocenters. The first-order valence-electron chi connectivity index (χ1n) is 6.88. The second-order valence-corrected chi connectivity index (χ2v) is 5.40. The summed E-state index contributed by atoms with van der Waals surface area (Å²) in [6, 6.07) is 8.05.